The van der Waals surface area contributed by atoms with Crippen molar-refractivity contribution in [1.29, 1.82) is 0 Å². The van der Waals surface area contributed by atoms with Gasteiger partial charge in [0.25, 0.3) is 5.56 Å². The van der Waals surface area contributed by atoms with Crippen LogP contribution in [0.4, 0.5) is 0 Å². The van der Waals surface area contributed by atoms with Gasteiger partial charge in [-0.2, -0.15) is 10.1 Å². The van der Waals surface area contributed by atoms with E-state index in [2.05, 4.69) is 20.3 Å². The molecule has 0 aromatic carbocycles. The Morgan fingerprint density at radius 3 is 2.96 bits per heavy atom. The van der Waals surface area contributed by atoms with Gasteiger partial charge in [-0.1, -0.05) is 19.0 Å². The summed E-state index contributed by atoms with van der Waals surface area (Å²) in [6.07, 6.45) is 2.75. The van der Waals surface area contributed by atoms with Crippen molar-refractivity contribution in [2.24, 2.45) is 0 Å². The van der Waals surface area contributed by atoms with Crippen molar-refractivity contribution >= 4 is 5.91 Å². The minimum absolute atomic E-state index is 0.0845. The van der Waals surface area contributed by atoms with E-state index in [9.17, 15) is 9.59 Å². The van der Waals surface area contributed by atoms with Crippen LogP contribution in [0.1, 0.15) is 62.4 Å². The maximum absolute atomic E-state index is 12.5. The molecule has 0 bridgehead atoms. The number of piperidine rings is 1. The number of aromatic nitrogens is 4. The molecular weight excluding hydrogens is 322 g/mol. The third-order valence-electron chi connectivity index (χ3n) is 4.43. The topological polar surface area (TPSA) is 105 Å². The molecule has 2 aromatic rings. The molecule has 134 valence electrons. The number of likely N-dealkylation sites (tertiary alicyclic amines) is 1. The summed E-state index contributed by atoms with van der Waals surface area (Å²) in [6.45, 7) is 5.41. The fourth-order valence-electron chi connectivity index (χ4n) is 2.96. The number of carbonyl (C=O) groups is 1. The van der Waals surface area contributed by atoms with Gasteiger partial charge >= 0.3 is 0 Å². The summed E-state index contributed by atoms with van der Waals surface area (Å²) in [4.78, 5) is 29.8. The number of carbonyl (C=O) groups excluding carboxylic acids is 1. The quantitative estimate of drug-likeness (QED) is 0.883. The number of hydrogen-bond acceptors (Lipinski definition) is 6. The van der Waals surface area contributed by atoms with Crippen molar-refractivity contribution in [3.8, 4) is 0 Å². The maximum atomic E-state index is 12.5. The van der Waals surface area contributed by atoms with Gasteiger partial charge in [-0.25, -0.2) is 5.10 Å². The summed E-state index contributed by atoms with van der Waals surface area (Å²) in [6, 6.07) is 3.07. The predicted octanol–water partition coefficient (Wildman–Crippen LogP) is 1.62. The van der Waals surface area contributed by atoms with Gasteiger partial charge in [0.1, 0.15) is 0 Å². The fraction of sp³-hybridized carbons (Fsp3) is 0.588. The van der Waals surface area contributed by atoms with Crippen molar-refractivity contribution < 1.29 is 9.32 Å². The largest absolute Gasteiger partial charge is 0.342 e. The molecule has 25 heavy (non-hydrogen) atoms. The lowest BCUT2D eigenvalue weighted by atomic mass is 9.97. The number of amides is 1. The van der Waals surface area contributed by atoms with Crippen LogP contribution in [0.25, 0.3) is 0 Å². The number of hydrogen-bond donors (Lipinski definition) is 1. The molecule has 1 aliphatic heterocycles. The first-order valence-corrected chi connectivity index (χ1v) is 8.69. The van der Waals surface area contributed by atoms with Gasteiger partial charge in [0.15, 0.2) is 5.82 Å². The van der Waals surface area contributed by atoms with Crippen molar-refractivity contribution in [2.75, 3.05) is 13.1 Å². The van der Waals surface area contributed by atoms with Gasteiger partial charge in [0.05, 0.1) is 11.6 Å². The molecule has 8 heteroatoms. The highest BCUT2D eigenvalue weighted by Crippen LogP contribution is 2.27. The third kappa shape index (κ3) is 4.32. The Morgan fingerprint density at radius 1 is 1.44 bits per heavy atom. The second kappa shape index (κ2) is 7.58. The molecular formula is C17H23N5O3. The summed E-state index contributed by atoms with van der Waals surface area (Å²) < 4.78 is 5.39. The van der Waals surface area contributed by atoms with E-state index in [-0.39, 0.29) is 23.3 Å². The second-order valence-electron chi connectivity index (χ2n) is 6.74. The monoisotopic (exact) mass is 345 g/mol. The Balaban J connectivity index is 1.57. The first-order chi connectivity index (χ1) is 12.0. The lowest BCUT2D eigenvalue weighted by molar-refractivity contribution is -0.132. The minimum Gasteiger partial charge on any atom is -0.342 e. The van der Waals surface area contributed by atoms with Crippen LogP contribution >= 0.6 is 0 Å². The van der Waals surface area contributed by atoms with Gasteiger partial charge in [0.2, 0.25) is 11.8 Å². The highest BCUT2D eigenvalue weighted by molar-refractivity contribution is 5.76. The van der Waals surface area contributed by atoms with Gasteiger partial charge in [-0.3, -0.25) is 9.59 Å². The Morgan fingerprint density at radius 2 is 2.28 bits per heavy atom. The lowest BCUT2D eigenvalue weighted by Crippen LogP contribution is -2.39. The molecule has 0 unspecified atom stereocenters. The average Bonchev–Trinajstić information content (AvgIpc) is 3.11. The molecule has 2 aromatic heterocycles. The van der Waals surface area contributed by atoms with Crippen LogP contribution in [0.15, 0.2) is 21.5 Å². The molecule has 1 saturated heterocycles. The van der Waals surface area contributed by atoms with Crippen LogP contribution in [0, 0.1) is 0 Å². The van der Waals surface area contributed by atoms with Gasteiger partial charge in [-0.05, 0) is 18.9 Å². The fourth-order valence-corrected chi connectivity index (χ4v) is 2.96. The maximum Gasteiger partial charge on any atom is 0.264 e. The van der Waals surface area contributed by atoms with E-state index in [0.29, 0.717) is 36.8 Å². The van der Waals surface area contributed by atoms with Gasteiger partial charge in [0, 0.05) is 37.9 Å². The summed E-state index contributed by atoms with van der Waals surface area (Å²) >= 11 is 0. The molecule has 1 amide bonds. The van der Waals surface area contributed by atoms with E-state index in [4.69, 9.17) is 4.52 Å². The molecule has 1 N–H and O–H groups in total. The summed E-state index contributed by atoms with van der Waals surface area (Å²) in [5.74, 6) is 1.75. The predicted molar refractivity (Wildman–Crippen MR) is 90.1 cm³/mol. The van der Waals surface area contributed by atoms with Crippen molar-refractivity contribution in [1.82, 2.24) is 25.2 Å². The smallest absolute Gasteiger partial charge is 0.264 e. The zero-order valence-corrected chi connectivity index (χ0v) is 14.6. The zero-order valence-electron chi connectivity index (χ0n) is 14.6. The molecule has 0 spiro atoms. The number of rotatable bonds is 5. The Kier molecular flexibility index (Phi) is 5.25. The van der Waals surface area contributed by atoms with Crippen LogP contribution in [0.3, 0.4) is 0 Å². The summed E-state index contributed by atoms with van der Waals surface area (Å²) in [5.41, 5.74) is 0.467. The van der Waals surface area contributed by atoms with E-state index >= 15 is 0 Å². The first-order valence-electron chi connectivity index (χ1n) is 8.69. The number of aromatic amines is 1. The summed E-state index contributed by atoms with van der Waals surface area (Å²) in [7, 11) is 0. The highest BCUT2D eigenvalue weighted by Gasteiger charge is 2.28. The van der Waals surface area contributed by atoms with Crippen molar-refractivity contribution in [3.05, 3.63) is 39.9 Å². The molecule has 1 fully saturated rings. The standard InChI is InChI=1S/C17H23N5O3/c1-11(2)16-18-17(25-21-16)12-4-3-9-22(10-12)15(24)8-6-13-5-7-14(23)20-19-13/h5,7,11-12H,3-4,6,8-10H2,1-2H3,(H,20,23)/t12-/m0/s1. The summed E-state index contributed by atoms with van der Waals surface area (Å²) in [5, 5.41) is 10.3. The average molecular weight is 345 g/mol. The SMILES string of the molecule is CC(C)c1noc([C@H]2CCCN(C(=O)CCc3ccc(=O)[nH]n3)C2)n1. The molecule has 8 nitrogen and oxygen atoms in total. The number of H-pyrrole nitrogens is 1. The normalized spacial score (nSPS) is 17.9. The van der Waals surface area contributed by atoms with Crippen molar-refractivity contribution in [3.63, 3.8) is 0 Å². The van der Waals surface area contributed by atoms with E-state index in [1.807, 2.05) is 18.7 Å². The van der Waals surface area contributed by atoms with Crippen LogP contribution < -0.4 is 5.56 Å². The van der Waals surface area contributed by atoms with Crippen LogP contribution in [0.5, 0.6) is 0 Å². The molecule has 0 radical (unpaired) electrons. The molecule has 1 atom stereocenters. The molecule has 0 aliphatic carbocycles. The minimum atomic E-state index is -0.241. The second-order valence-corrected chi connectivity index (χ2v) is 6.74. The van der Waals surface area contributed by atoms with E-state index in [1.165, 1.54) is 6.07 Å². The molecule has 3 rings (SSSR count). The number of aryl methyl sites for hydroxylation is 1. The van der Waals surface area contributed by atoms with Crippen LogP contribution in [-0.4, -0.2) is 44.2 Å². The zero-order chi connectivity index (χ0) is 17.8. The number of nitrogens with one attached hydrogen (secondary N) is 1. The lowest BCUT2D eigenvalue weighted by Gasteiger charge is -2.31. The van der Waals surface area contributed by atoms with Crippen LogP contribution in [-0.2, 0) is 11.2 Å². The van der Waals surface area contributed by atoms with Gasteiger partial charge < -0.3 is 9.42 Å². The Bertz CT molecular complexity index is 762. The Labute approximate surface area is 145 Å². The van der Waals surface area contributed by atoms with E-state index < -0.39 is 0 Å². The highest BCUT2D eigenvalue weighted by atomic mass is 16.5. The first kappa shape index (κ1) is 17.3. The van der Waals surface area contributed by atoms with Crippen molar-refractivity contribution in [2.45, 2.75) is 51.4 Å². The molecule has 3 heterocycles. The van der Waals surface area contributed by atoms with Crippen LogP contribution in [0.2, 0.25) is 0 Å². The molecule has 0 saturated carbocycles. The number of nitrogens with zero attached hydrogens (tertiary/aromatic N) is 4. The third-order valence-corrected chi connectivity index (χ3v) is 4.43. The van der Waals surface area contributed by atoms with Gasteiger partial charge in [-0.15, -0.1) is 0 Å². The molecule has 1 aliphatic rings. The van der Waals surface area contributed by atoms with E-state index in [1.54, 1.807) is 6.07 Å². The van der Waals surface area contributed by atoms with E-state index in [0.717, 1.165) is 19.4 Å². The Hall–Kier alpha value is -2.51.